The zero-order chi connectivity index (χ0) is 11.8. The average Bonchev–Trinajstić information content (AvgIpc) is 2.98. The van der Waals surface area contributed by atoms with Crippen molar-refractivity contribution in [1.82, 2.24) is 9.97 Å². The highest BCUT2D eigenvalue weighted by atomic mass is 19.4. The smallest absolute Gasteiger partial charge is 0.411 e. The summed E-state index contributed by atoms with van der Waals surface area (Å²) in [5.41, 5.74) is -1.85. The summed E-state index contributed by atoms with van der Waals surface area (Å²) < 4.78 is 42.6. The molecule has 0 saturated heterocycles. The lowest BCUT2D eigenvalue weighted by molar-refractivity contribution is -0.151. The molecule has 4 nitrogen and oxygen atoms in total. The Bertz CT molecular complexity index is 390. The predicted octanol–water partition coefficient (Wildman–Crippen LogP) is 1.99. The van der Waals surface area contributed by atoms with Crippen molar-refractivity contribution in [3.63, 3.8) is 0 Å². The molecule has 2 rings (SSSR count). The molecule has 1 aromatic heterocycles. The number of nitrogens with one attached hydrogen (secondary N) is 1. The van der Waals surface area contributed by atoms with E-state index >= 15 is 0 Å². The van der Waals surface area contributed by atoms with Gasteiger partial charge in [0.25, 0.3) is 0 Å². The fourth-order valence-electron chi connectivity index (χ4n) is 1.33. The summed E-state index contributed by atoms with van der Waals surface area (Å²) in [5, 5.41) is 2.32. The maximum Gasteiger partial charge on any atom is 0.411 e. The van der Waals surface area contributed by atoms with Gasteiger partial charge in [-0.15, -0.1) is 0 Å². The minimum absolute atomic E-state index is 0.0526. The molecule has 16 heavy (non-hydrogen) atoms. The summed E-state index contributed by atoms with van der Waals surface area (Å²) in [6.45, 7) is 0. The third kappa shape index (κ3) is 1.89. The minimum Gasteiger partial charge on any atom is -0.481 e. The van der Waals surface area contributed by atoms with E-state index in [0.29, 0.717) is 0 Å². The Morgan fingerprint density at radius 1 is 1.44 bits per heavy atom. The molecule has 0 unspecified atom stereocenters. The molecule has 0 atom stereocenters. The standard InChI is InChI=1S/C9H10F3N3O/c1-16-6-2-5-13-7(14-6)15-8(3-4-8)9(10,11)12/h2,5H,3-4H2,1H3,(H,13,14,15). The van der Waals surface area contributed by atoms with E-state index < -0.39 is 11.7 Å². The molecule has 1 fully saturated rings. The number of anilines is 1. The van der Waals surface area contributed by atoms with E-state index in [1.54, 1.807) is 0 Å². The normalized spacial score (nSPS) is 18.0. The first kappa shape index (κ1) is 11.0. The zero-order valence-corrected chi connectivity index (χ0v) is 8.51. The van der Waals surface area contributed by atoms with Crippen molar-refractivity contribution in [3.05, 3.63) is 12.3 Å². The van der Waals surface area contributed by atoms with E-state index in [0.717, 1.165) is 0 Å². The summed E-state index contributed by atoms with van der Waals surface area (Å²) in [6.07, 6.45) is -2.83. The number of hydrogen-bond donors (Lipinski definition) is 1. The van der Waals surface area contributed by atoms with E-state index in [1.165, 1.54) is 19.4 Å². The molecule has 1 heterocycles. The van der Waals surface area contributed by atoms with Crippen LogP contribution >= 0.6 is 0 Å². The third-order valence-corrected chi connectivity index (χ3v) is 2.48. The molecule has 0 aliphatic heterocycles. The second-order valence-corrected chi connectivity index (χ2v) is 3.63. The first-order valence-electron chi connectivity index (χ1n) is 4.69. The van der Waals surface area contributed by atoms with Crippen molar-refractivity contribution in [2.75, 3.05) is 12.4 Å². The molecule has 1 saturated carbocycles. The van der Waals surface area contributed by atoms with Crippen LogP contribution < -0.4 is 10.1 Å². The molecule has 0 amide bonds. The van der Waals surface area contributed by atoms with Crippen molar-refractivity contribution < 1.29 is 17.9 Å². The maximum absolute atomic E-state index is 12.6. The molecule has 0 radical (unpaired) electrons. The number of ether oxygens (including phenoxy) is 1. The predicted molar refractivity (Wildman–Crippen MR) is 50.2 cm³/mol. The molecule has 1 aromatic rings. The number of methoxy groups -OCH3 is 1. The van der Waals surface area contributed by atoms with Gasteiger partial charge in [0.05, 0.1) is 7.11 Å². The van der Waals surface area contributed by atoms with Crippen LogP contribution in [0.1, 0.15) is 12.8 Å². The lowest BCUT2D eigenvalue weighted by Gasteiger charge is -2.20. The summed E-state index contributed by atoms with van der Waals surface area (Å²) in [7, 11) is 1.39. The Labute approximate surface area is 89.8 Å². The van der Waals surface area contributed by atoms with Crippen LogP contribution in [0.5, 0.6) is 5.88 Å². The monoisotopic (exact) mass is 233 g/mol. The van der Waals surface area contributed by atoms with E-state index in [4.69, 9.17) is 4.74 Å². The lowest BCUT2D eigenvalue weighted by atomic mass is 10.2. The Balaban J connectivity index is 2.15. The zero-order valence-electron chi connectivity index (χ0n) is 8.51. The summed E-state index contributed by atoms with van der Waals surface area (Å²) in [4.78, 5) is 7.51. The van der Waals surface area contributed by atoms with Gasteiger partial charge in [-0.25, -0.2) is 4.98 Å². The molecule has 0 aromatic carbocycles. The fourth-order valence-corrected chi connectivity index (χ4v) is 1.33. The van der Waals surface area contributed by atoms with Crippen LogP contribution in [0.2, 0.25) is 0 Å². The van der Waals surface area contributed by atoms with Crippen LogP contribution in [0.4, 0.5) is 19.1 Å². The average molecular weight is 233 g/mol. The van der Waals surface area contributed by atoms with Crippen LogP contribution in [0.3, 0.4) is 0 Å². The van der Waals surface area contributed by atoms with Gasteiger partial charge in [-0.2, -0.15) is 18.2 Å². The van der Waals surface area contributed by atoms with Crippen LogP contribution in [0, 0.1) is 0 Å². The second-order valence-electron chi connectivity index (χ2n) is 3.63. The Morgan fingerprint density at radius 2 is 2.12 bits per heavy atom. The number of aromatic nitrogens is 2. The molecule has 1 aliphatic rings. The van der Waals surface area contributed by atoms with Gasteiger partial charge < -0.3 is 10.1 Å². The molecule has 88 valence electrons. The van der Waals surface area contributed by atoms with Gasteiger partial charge in [-0.1, -0.05) is 0 Å². The van der Waals surface area contributed by atoms with E-state index in [1.807, 2.05) is 0 Å². The molecule has 7 heteroatoms. The van der Waals surface area contributed by atoms with Gasteiger partial charge in [0.1, 0.15) is 5.54 Å². The van der Waals surface area contributed by atoms with Gasteiger partial charge in [-0.3, -0.25) is 0 Å². The molecular weight excluding hydrogens is 223 g/mol. The second kappa shape index (κ2) is 3.50. The third-order valence-electron chi connectivity index (χ3n) is 2.48. The first-order chi connectivity index (χ1) is 7.47. The number of rotatable bonds is 3. The summed E-state index contributed by atoms with van der Waals surface area (Å²) in [6, 6.07) is 1.47. The number of nitrogens with zero attached hydrogens (tertiary/aromatic N) is 2. The number of alkyl halides is 3. The van der Waals surface area contributed by atoms with Crippen molar-refractivity contribution in [3.8, 4) is 5.88 Å². The van der Waals surface area contributed by atoms with Gasteiger partial charge in [0, 0.05) is 12.3 Å². The van der Waals surface area contributed by atoms with Gasteiger partial charge >= 0.3 is 6.18 Å². The van der Waals surface area contributed by atoms with Gasteiger partial charge in [0.15, 0.2) is 0 Å². The van der Waals surface area contributed by atoms with E-state index in [9.17, 15) is 13.2 Å². The highest BCUT2D eigenvalue weighted by Crippen LogP contribution is 2.50. The van der Waals surface area contributed by atoms with Crippen LogP contribution in [-0.2, 0) is 0 Å². The van der Waals surface area contributed by atoms with Crippen molar-refractivity contribution >= 4 is 5.95 Å². The van der Waals surface area contributed by atoms with E-state index in [-0.39, 0.29) is 24.7 Å². The van der Waals surface area contributed by atoms with Crippen molar-refractivity contribution in [2.24, 2.45) is 0 Å². The fraction of sp³-hybridized carbons (Fsp3) is 0.556. The van der Waals surface area contributed by atoms with Crippen LogP contribution in [0.15, 0.2) is 12.3 Å². The molecule has 0 bridgehead atoms. The Morgan fingerprint density at radius 3 is 2.62 bits per heavy atom. The highest BCUT2D eigenvalue weighted by molar-refractivity contribution is 5.36. The maximum atomic E-state index is 12.6. The first-order valence-corrected chi connectivity index (χ1v) is 4.69. The topological polar surface area (TPSA) is 47.0 Å². The largest absolute Gasteiger partial charge is 0.481 e. The molecule has 1 N–H and O–H groups in total. The van der Waals surface area contributed by atoms with Crippen LogP contribution in [-0.4, -0.2) is 28.8 Å². The summed E-state index contributed by atoms with van der Waals surface area (Å²) >= 11 is 0. The lowest BCUT2D eigenvalue weighted by Crippen LogP contribution is -2.39. The van der Waals surface area contributed by atoms with Crippen molar-refractivity contribution in [2.45, 2.75) is 24.6 Å². The minimum atomic E-state index is -4.28. The quantitative estimate of drug-likeness (QED) is 0.867. The molecule has 0 spiro atoms. The van der Waals surface area contributed by atoms with Gasteiger partial charge in [0.2, 0.25) is 11.8 Å². The molecular formula is C9H10F3N3O. The van der Waals surface area contributed by atoms with Crippen molar-refractivity contribution in [1.29, 1.82) is 0 Å². The number of hydrogen-bond acceptors (Lipinski definition) is 4. The highest BCUT2D eigenvalue weighted by Gasteiger charge is 2.64. The summed E-state index contributed by atoms with van der Waals surface area (Å²) in [5.74, 6) is 0.171. The van der Waals surface area contributed by atoms with Crippen LogP contribution in [0.25, 0.3) is 0 Å². The SMILES string of the molecule is COc1ccnc(NC2(C(F)(F)F)CC2)n1. The molecule has 1 aliphatic carbocycles. The number of halogens is 3. The Hall–Kier alpha value is -1.53. The van der Waals surface area contributed by atoms with Gasteiger partial charge in [-0.05, 0) is 12.8 Å². The van der Waals surface area contributed by atoms with E-state index in [2.05, 4.69) is 15.3 Å². The Kier molecular flexibility index (Phi) is 2.40.